The number of hydrogen-bond acceptors (Lipinski definition) is 4. The number of sulfonamides is 1. The smallest absolute Gasteiger partial charge is 0.335 e. The Morgan fingerprint density at radius 3 is 2.52 bits per heavy atom. The second-order valence-electron chi connectivity index (χ2n) is 4.99. The number of carboxylic acid groups (broad SMARTS) is 1. The standard InChI is InChI=1S/C15H13N3O4S/c1-18-9-16-13-8-11(4-7-14(13)18)17-23(21,22)12-5-2-10(3-6-12)15(19)20/h2-9,17H,1H3,(H,19,20). The molecular formula is C15H13N3O4S. The van der Waals surface area contributed by atoms with E-state index in [4.69, 9.17) is 5.11 Å². The van der Waals surface area contributed by atoms with Gasteiger partial charge >= 0.3 is 5.97 Å². The van der Waals surface area contributed by atoms with Crippen molar-refractivity contribution in [1.82, 2.24) is 9.55 Å². The third-order valence-corrected chi connectivity index (χ3v) is 4.79. The fraction of sp³-hybridized carbons (Fsp3) is 0.0667. The van der Waals surface area contributed by atoms with E-state index in [0.29, 0.717) is 11.2 Å². The molecule has 0 aliphatic heterocycles. The largest absolute Gasteiger partial charge is 0.478 e. The molecule has 2 N–H and O–H groups in total. The lowest BCUT2D eigenvalue weighted by atomic mass is 10.2. The summed E-state index contributed by atoms with van der Waals surface area (Å²) in [4.78, 5) is 15.0. The first-order chi connectivity index (χ1) is 10.9. The minimum Gasteiger partial charge on any atom is -0.478 e. The molecule has 0 spiro atoms. The summed E-state index contributed by atoms with van der Waals surface area (Å²) in [5.74, 6) is -1.11. The number of aromatic nitrogens is 2. The second-order valence-corrected chi connectivity index (χ2v) is 6.68. The third-order valence-electron chi connectivity index (χ3n) is 3.39. The molecule has 0 amide bonds. The van der Waals surface area contributed by atoms with E-state index in [-0.39, 0.29) is 10.5 Å². The van der Waals surface area contributed by atoms with Gasteiger partial charge in [-0.1, -0.05) is 0 Å². The Labute approximate surface area is 132 Å². The average Bonchev–Trinajstić information content (AvgIpc) is 2.88. The minimum absolute atomic E-state index is 0.0105. The van der Waals surface area contributed by atoms with E-state index in [9.17, 15) is 13.2 Å². The van der Waals surface area contributed by atoms with Crippen LogP contribution < -0.4 is 4.72 Å². The van der Waals surface area contributed by atoms with Crippen molar-refractivity contribution in [2.45, 2.75) is 4.90 Å². The van der Waals surface area contributed by atoms with Crippen LogP contribution in [0.25, 0.3) is 11.0 Å². The number of carboxylic acids is 1. The summed E-state index contributed by atoms with van der Waals surface area (Å²) in [5, 5.41) is 8.84. The van der Waals surface area contributed by atoms with Gasteiger partial charge in [-0.3, -0.25) is 4.72 Å². The van der Waals surface area contributed by atoms with Crippen molar-refractivity contribution in [3.63, 3.8) is 0 Å². The van der Waals surface area contributed by atoms with Crippen molar-refractivity contribution in [2.75, 3.05) is 4.72 Å². The van der Waals surface area contributed by atoms with Crippen LogP contribution in [0.1, 0.15) is 10.4 Å². The maximum Gasteiger partial charge on any atom is 0.335 e. The summed E-state index contributed by atoms with van der Waals surface area (Å²) >= 11 is 0. The molecule has 118 valence electrons. The Balaban J connectivity index is 1.91. The highest BCUT2D eigenvalue weighted by Gasteiger charge is 2.15. The number of nitrogens with one attached hydrogen (secondary N) is 1. The van der Waals surface area contributed by atoms with Crippen molar-refractivity contribution in [1.29, 1.82) is 0 Å². The van der Waals surface area contributed by atoms with Crippen molar-refractivity contribution in [2.24, 2.45) is 7.05 Å². The summed E-state index contributed by atoms with van der Waals surface area (Å²) in [6.07, 6.45) is 1.65. The van der Waals surface area contributed by atoms with Crippen molar-refractivity contribution in [3.8, 4) is 0 Å². The number of aromatic carboxylic acids is 1. The topological polar surface area (TPSA) is 101 Å². The quantitative estimate of drug-likeness (QED) is 0.762. The number of rotatable bonds is 4. The first-order valence-corrected chi connectivity index (χ1v) is 8.12. The second kappa shape index (κ2) is 5.40. The summed E-state index contributed by atoms with van der Waals surface area (Å²) < 4.78 is 29.0. The van der Waals surface area contributed by atoms with Gasteiger partial charge in [0.2, 0.25) is 0 Å². The van der Waals surface area contributed by atoms with Crippen LogP contribution in [-0.2, 0) is 17.1 Å². The summed E-state index contributed by atoms with van der Waals surface area (Å²) in [6.45, 7) is 0. The Hall–Kier alpha value is -2.87. The molecule has 0 aliphatic rings. The summed E-state index contributed by atoms with van der Waals surface area (Å²) in [5.41, 5.74) is 1.98. The molecule has 8 heteroatoms. The molecule has 0 atom stereocenters. The van der Waals surface area contributed by atoms with E-state index in [1.54, 1.807) is 24.5 Å². The number of nitrogens with zero attached hydrogens (tertiary/aromatic N) is 2. The zero-order valence-corrected chi connectivity index (χ0v) is 12.9. The molecule has 3 rings (SSSR count). The van der Waals surface area contributed by atoms with E-state index in [1.165, 1.54) is 24.3 Å². The average molecular weight is 331 g/mol. The van der Waals surface area contributed by atoms with Crippen molar-refractivity contribution < 1.29 is 18.3 Å². The van der Waals surface area contributed by atoms with Crippen LogP contribution in [0.4, 0.5) is 5.69 Å². The highest BCUT2D eigenvalue weighted by molar-refractivity contribution is 7.92. The molecule has 23 heavy (non-hydrogen) atoms. The normalized spacial score (nSPS) is 11.5. The van der Waals surface area contributed by atoms with Crippen LogP contribution in [0.15, 0.2) is 53.7 Å². The minimum atomic E-state index is -3.80. The molecule has 0 radical (unpaired) electrons. The SMILES string of the molecule is Cn1cnc2cc(NS(=O)(=O)c3ccc(C(=O)O)cc3)ccc21. The first kappa shape index (κ1) is 15.0. The highest BCUT2D eigenvalue weighted by Crippen LogP contribution is 2.21. The monoisotopic (exact) mass is 331 g/mol. The number of carbonyl (C=O) groups is 1. The predicted molar refractivity (Wildman–Crippen MR) is 84.9 cm³/mol. The van der Waals surface area contributed by atoms with Crippen LogP contribution in [0.5, 0.6) is 0 Å². The Bertz CT molecular complexity index is 991. The van der Waals surface area contributed by atoms with Gasteiger partial charge in [-0.2, -0.15) is 0 Å². The Morgan fingerprint density at radius 2 is 1.87 bits per heavy atom. The summed E-state index contributed by atoms with van der Waals surface area (Å²) in [6, 6.07) is 10.1. The Kier molecular flexibility index (Phi) is 3.53. The summed E-state index contributed by atoms with van der Waals surface area (Å²) in [7, 11) is -1.94. The molecular weight excluding hydrogens is 318 g/mol. The predicted octanol–water partition coefficient (Wildman–Crippen LogP) is 2.07. The fourth-order valence-corrected chi connectivity index (χ4v) is 3.24. The lowest BCUT2D eigenvalue weighted by Crippen LogP contribution is -2.13. The van der Waals surface area contributed by atoms with Gasteiger partial charge in [-0.05, 0) is 42.5 Å². The molecule has 0 aliphatic carbocycles. The zero-order valence-electron chi connectivity index (χ0n) is 12.1. The molecule has 7 nitrogen and oxygen atoms in total. The van der Waals surface area contributed by atoms with Gasteiger partial charge in [-0.15, -0.1) is 0 Å². The third kappa shape index (κ3) is 2.88. The number of aryl methyl sites for hydroxylation is 1. The van der Waals surface area contributed by atoms with Crippen LogP contribution >= 0.6 is 0 Å². The van der Waals surface area contributed by atoms with E-state index < -0.39 is 16.0 Å². The van der Waals surface area contributed by atoms with Gasteiger partial charge in [0.15, 0.2) is 0 Å². The van der Waals surface area contributed by atoms with Crippen LogP contribution in [0.2, 0.25) is 0 Å². The molecule has 0 unspecified atom stereocenters. The van der Waals surface area contributed by atoms with Crippen LogP contribution in [-0.4, -0.2) is 29.0 Å². The molecule has 0 bridgehead atoms. The van der Waals surface area contributed by atoms with Crippen LogP contribution in [0, 0.1) is 0 Å². The lowest BCUT2D eigenvalue weighted by Gasteiger charge is -2.08. The molecule has 0 saturated carbocycles. The van der Waals surface area contributed by atoms with Crippen LogP contribution in [0.3, 0.4) is 0 Å². The zero-order chi connectivity index (χ0) is 16.6. The number of hydrogen-bond donors (Lipinski definition) is 2. The highest BCUT2D eigenvalue weighted by atomic mass is 32.2. The number of imidazole rings is 1. The fourth-order valence-electron chi connectivity index (χ4n) is 2.19. The van der Waals surface area contributed by atoms with Gasteiger partial charge in [0.05, 0.1) is 33.5 Å². The van der Waals surface area contributed by atoms with E-state index in [0.717, 1.165) is 5.52 Å². The van der Waals surface area contributed by atoms with Gasteiger partial charge in [0.25, 0.3) is 10.0 Å². The van der Waals surface area contributed by atoms with Crippen molar-refractivity contribution in [3.05, 3.63) is 54.4 Å². The number of anilines is 1. The molecule has 0 saturated heterocycles. The lowest BCUT2D eigenvalue weighted by molar-refractivity contribution is 0.0696. The molecule has 1 heterocycles. The molecule has 1 aromatic heterocycles. The van der Waals surface area contributed by atoms with Gasteiger partial charge in [0.1, 0.15) is 0 Å². The van der Waals surface area contributed by atoms with Crippen molar-refractivity contribution >= 4 is 32.7 Å². The van der Waals surface area contributed by atoms with Gasteiger partial charge < -0.3 is 9.67 Å². The number of benzene rings is 2. The number of fused-ring (bicyclic) bond motifs is 1. The van der Waals surface area contributed by atoms with E-state index >= 15 is 0 Å². The van der Waals surface area contributed by atoms with Gasteiger partial charge in [-0.25, -0.2) is 18.2 Å². The Morgan fingerprint density at radius 1 is 1.17 bits per heavy atom. The first-order valence-electron chi connectivity index (χ1n) is 6.64. The molecule has 0 fully saturated rings. The maximum absolute atomic E-state index is 12.3. The molecule has 2 aromatic carbocycles. The van der Waals surface area contributed by atoms with E-state index in [1.807, 2.05) is 11.6 Å². The van der Waals surface area contributed by atoms with Gasteiger partial charge in [0, 0.05) is 7.05 Å². The van der Waals surface area contributed by atoms with E-state index in [2.05, 4.69) is 9.71 Å². The maximum atomic E-state index is 12.3. The molecule has 3 aromatic rings.